The van der Waals surface area contributed by atoms with E-state index in [1.54, 1.807) is 4.90 Å². The van der Waals surface area contributed by atoms with Gasteiger partial charge in [0.15, 0.2) is 0 Å². The number of piperidine rings is 1. The van der Waals surface area contributed by atoms with Crippen molar-refractivity contribution in [1.29, 1.82) is 0 Å². The summed E-state index contributed by atoms with van der Waals surface area (Å²) in [6.07, 6.45) is 1.43. The molecule has 0 N–H and O–H groups in total. The van der Waals surface area contributed by atoms with Gasteiger partial charge >= 0.3 is 18.2 Å². The summed E-state index contributed by atoms with van der Waals surface area (Å²) in [4.78, 5) is 37.7. The second-order valence-electron chi connectivity index (χ2n) is 8.66. The largest absolute Gasteiger partial charge is 0.516 e. The second-order valence-corrected chi connectivity index (χ2v) is 8.66. The molecule has 7 nitrogen and oxygen atoms in total. The summed E-state index contributed by atoms with van der Waals surface area (Å²) in [6, 6.07) is 0. The Bertz CT molecular complexity index is 511. The molecule has 1 aliphatic rings. The average Bonchev–Trinajstić information content (AvgIpc) is 2.53. The van der Waals surface area contributed by atoms with E-state index in [0.717, 1.165) is 12.8 Å². The van der Waals surface area contributed by atoms with Crippen LogP contribution in [0, 0.1) is 17.8 Å². The van der Waals surface area contributed by atoms with Gasteiger partial charge in [0, 0.05) is 19.5 Å². The Labute approximate surface area is 162 Å². The maximum atomic E-state index is 12.3. The number of rotatable bonds is 6. The van der Waals surface area contributed by atoms with Crippen molar-refractivity contribution in [3.05, 3.63) is 0 Å². The Kier molecular flexibility index (Phi) is 9.06. The third-order valence-corrected chi connectivity index (χ3v) is 4.36. The van der Waals surface area contributed by atoms with Crippen molar-refractivity contribution in [3.63, 3.8) is 0 Å². The monoisotopic (exact) mass is 385 g/mol. The first kappa shape index (κ1) is 23.2. The highest BCUT2D eigenvalue weighted by atomic mass is 16.7. The molecule has 0 aromatic heterocycles. The van der Waals surface area contributed by atoms with Crippen LogP contribution in [0.25, 0.3) is 0 Å². The van der Waals surface area contributed by atoms with Gasteiger partial charge in [-0.1, -0.05) is 27.2 Å². The van der Waals surface area contributed by atoms with E-state index in [1.165, 1.54) is 0 Å². The lowest BCUT2D eigenvalue weighted by molar-refractivity contribution is -0.142. The van der Waals surface area contributed by atoms with Gasteiger partial charge in [0.25, 0.3) is 0 Å². The highest BCUT2D eigenvalue weighted by Gasteiger charge is 2.34. The van der Waals surface area contributed by atoms with Gasteiger partial charge in [-0.05, 0) is 51.4 Å². The van der Waals surface area contributed by atoms with Crippen LogP contribution in [0.15, 0.2) is 0 Å². The van der Waals surface area contributed by atoms with Crippen molar-refractivity contribution in [2.45, 2.75) is 72.8 Å². The fourth-order valence-corrected chi connectivity index (χ4v) is 3.15. The summed E-state index contributed by atoms with van der Waals surface area (Å²) in [5.41, 5.74) is -0.533. The molecule has 1 heterocycles. The first-order valence-corrected chi connectivity index (χ1v) is 9.87. The lowest BCUT2D eigenvalue weighted by Crippen LogP contribution is -2.46. The Morgan fingerprint density at radius 1 is 1.15 bits per heavy atom. The van der Waals surface area contributed by atoms with Gasteiger partial charge in [0.1, 0.15) is 5.60 Å². The van der Waals surface area contributed by atoms with E-state index < -0.39 is 17.7 Å². The van der Waals surface area contributed by atoms with Crippen molar-refractivity contribution in [2.75, 3.05) is 19.7 Å². The predicted octanol–water partition coefficient (Wildman–Crippen LogP) is 4.39. The molecule has 1 aliphatic heterocycles. The van der Waals surface area contributed by atoms with E-state index in [4.69, 9.17) is 14.2 Å². The molecule has 27 heavy (non-hydrogen) atoms. The molecule has 1 amide bonds. The predicted molar refractivity (Wildman–Crippen MR) is 101 cm³/mol. The van der Waals surface area contributed by atoms with Crippen LogP contribution in [0.3, 0.4) is 0 Å². The van der Waals surface area contributed by atoms with E-state index in [9.17, 15) is 14.4 Å². The lowest BCUT2D eigenvalue weighted by atomic mass is 9.80. The van der Waals surface area contributed by atoms with Crippen LogP contribution in [-0.4, -0.2) is 48.4 Å². The fourth-order valence-electron chi connectivity index (χ4n) is 3.15. The van der Waals surface area contributed by atoms with E-state index in [1.807, 2.05) is 34.6 Å². The Balaban J connectivity index is 2.57. The van der Waals surface area contributed by atoms with Crippen molar-refractivity contribution in [2.24, 2.45) is 17.8 Å². The highest BCUT2D eigenvalue weighted by Crippen LogP contribution is 2.31. The average molecular weight is 386 g/mol. The van der Waals surface area contributed by atoms with E-state index in [0.29, 0.717) is 19.5 Å². The SMILES string of the molecule is CCCC1CN(C(=O)OC(C)(C)C)CCC1CC(=O)OC(=O)OCC(C)C. The normalized spacial score (nSPS) is 20.3. The van der Waals surface area contributed by atoms with Crippen molar-refractivity contribution >= 4 is 18.2 Å². The molecule has 0 aromatic rings. The second kappa shape index (κ2) is 10.5. The van der Waals surface area contributed by atoms with Gasteiger partial charge in [-0.2, -0.15) is 0 Å². The third-order valence-electron chi connectivity index (χ3n) is 4.36. The molecule has 0 aromatic carbocycles. The molecule has 1 fully saturated rings. The molecule has 0 bridgehead atoms. The Hall–Kier alpha value is -1.79. The van der Waals surface area contributed by atoms with Gasteiger partial charge in [-0.25, -0.2) is 9.59 Å². The summed E-state index contributed by atoms with van der Waals surface area (Å²) in [5, 5.41) is 0. The van der Waals surface area contributed by atoms with Crippen LogP contribution in [0.2, 0.25) is 0 Å². The number of hydrogen-bond acceptors (Lipinski definition) is 6. The zero-order chi connectivity index (χ0) is 20.6. The summed E-state index contributed by atoms with van der Waals surface area (Å²) >= 11 is 0. The van der Waals surface area contributed by atoms with Gasteiger partial charge in [0.2, 0.25) is 0 Å². The molecular weight excluding hydrogens is 350 g/mol. The van der Waals surface area contributed by atoms with Crippen LogP contribution in [-0.2, 0) is 19.0 Å². The highest BCUT2D eigenvalue weighted by molar-refractivity contribution is 5.82. The molecule has 0 radical (unpaired) electrons. The zero-order valence-electron chi connectivity index (χ0n) is 17.6. The molecule has 7 heteroatoms. The van der Waals surface area contributed by atoms with Crippen LogP contribution < -0.4 is 0 Å². The first-order chi connectivity index (χ1) is 12.5. The van der Waals surface area contributed by atoms with Crippen molar-refractivity contribution in [1.82, 2.24) is 4.90 Å². The van der Waals surface area contributed by atoms with Gasteiger partial charge in [0.05, 0.1) is 6.61 Å². The Morgan fingerprint density at radius 2 is 1.81 bits per heavy atom. The van der Waals surface area contributed by atoms with Crippen LogP contribution in [0.4, 0.5) is 9.59 Å². The Morgan fingerprint density at radius 3 is 2.37 bits per heavy atom. The summed E-state index contributed by atoms with van der Waals surface area (Å²) < 4.78 is 15.1. The first-order valence-electron chi connectivity index (χ1n) is 9.87. The van der Waals surface area contributed by atoms with E-state index in [-0.39, 0.29) is 36.9 Å². The molecule has 2 atom stereocenters. The van der Waals surface area contributed by atoms with Crippen molar-refractivity contribution in [3.8, 4) is 0 Å². The van der Waals surface area contributed by atoms with Gasteiger partial charge < -0.3 is 19.1 Å². The molecule has 156 valence electrons. The number of esters is 1. The number of ether oxygens (including phenoxy) is 3. The number of nitrogens with zero attached hydrogens (tertiary/aromatic N) is 1. The minimum absolute atomic E-state index is 0.0778. The zero-order valence-corrected chi connectivity index (χ0v) is 17.6. The van der Waals surface area contributed by atoms with Crippen LogP contribution in [0.5, 0.6) is 0 Å². The maximum Gasteiger partial charge on any atom is 0.516 e. The minimum Gasteiger partial charge on any atom is -0.444 e. The third kappa shape index (κ3) is 9.11. The summed E-state index contributed by atoms with van der Waals surface area (Å²) in [5.74, 6) is -0.135. The van der Waals surface area contributed by atoms with Gasteiger partial charge in [-0.3, -0.25) is 4.79 Å². The molecule has 0 spiro atoms. The quantitative estimate of drug-likeness (QED) is 0.498. The van der Waals surface area contributed by atoms with E-state index >= 15 is 0 Å². The van der Waals surface area contributed by atoms with E-state index in [2.05, 4.69) is 6.92 Å². The number of carbonyl (C=O) groups is 3. The minimum atomic E-state index is -0.938. The standard InChI is InChI=1S/C20H35NO6/c1-7-8-16-12-21(18(23)27-20(4,5)6)10-9-15(16)11-17(22)26-19(24)25-13-14(2)3/h14-16H,7-13H2,1-6H3. The number of amides is 1. The lowest BCUT2D eigenvalue weighted by Gasteiger charge is -2.38. The molecule has 0 aliphatic carbocycles. The number of likely N-dealkylation sites (tertiary alicyclic amines) is 1. The summed E-state index contributed by atoms with van der Waals surface area (Å²) in [6.45, 7) is 12.7. The molecule has 0 saturated carbocycles. The molecule has 1 saturated heterocycles. The topological polar surface area (TPSA) is 82.1 Å². The molecule has 1 rings (SSSR count). The van der Waals surface area contributed by atoms with Crippen molar-refractivity contribution < 1.29 is 28.6 Å². The van der Waals surface area contributed by atoms with Crippen LogP contribution in [0.1, 0.15) is 67.2 Å². The molecule has 2 unspecified atom stereocenters. The summed E-state index contributed by atoms with van der Waals surface area (Å²) in [7, 11) is 0. The van der Waals surface area contributed by atoms with Gasteiger partial charge in [-0.15, -0.1) is 0 Å². The molecular formula is C20H35NO6. The van der Waals surface area contributed by atoms with Crippen LogP contribution >= 0.6 is 0 Å². The number of hydrogen-bond donors (Lipinski definition) is 0. The maximum absolute atomic E-state index is 12.3. The smallest absolute Gasteiger partial charge is 0.444 e. The fraction of sp³-hybridized carbons (Fsp3) is 0.850. The number of carbonyl (C=O) groups excluding carboxylic acids is 3.